The number of aromatic carboxylic acids is 2. The summed E-state index contributed by atoms with van der Waals surface area (Å²) in [4.78, 5) is 25.7. The van der Waals surface area contributed by atoms with Crippen molar-refractivity contribution in [2.75, 3.05) is 0 Å². The predicted molar refractivity (Wildman–Crippen MR) is 281 cm³/mol. The van der Waals surface area contributed by atoms with Gasteiger partial charge in [0.1, 0.15) is 24.7 Å². The van der Waals surface area contributed by atoms with Gasteiger partial charge >= 0.3 is 118 Å². The summed E-state index contributed by atoms with van der Waals surface area (Å²) in [5.41, 5.74) is 2.92. The quantitative estimate of drug-likeness (QED) is 0.0827. The molecule has 0 amide bonds. The first-order chi connectivity index (χ1) is 34.8. The maximum Gasteiger partial charge on any atom is 1.00 e. The van der Waals surface area contributed by atoms with E-state index >= 15 is 0 Å². The third kappa shape index (κ3) is 16.1. The minimum absolute atomic E-state index is 0. The van der Waals surface area contributed by atoms with Gasteiger partial charge in [0.05, 0.1) is 22.0 Å². The Morgan fingerprint density at radius 3 is 1.66 bits per heavy atom. The normalized spacial score (nSPS) is 24.4. The third-order valence-corrected chi connectivity index (χ3v) is 18.9. The molecule has 4 aliphatic carbocycles. The number of carbonyl (C=O) groups is 2. The molecule has 10 nitrogen and oxygen atoms in total. The van der Waals surface area contributed by atoms with Gasteiger partial charge in [-0.15, -0.1) is 0 Å². The van der Waals surface area contributed by atoms with Crippen molar-refractivity contribution in [1.29, 1.82) is 0 Å². The van der Waals surface area contributed by atoms with E-state index in [1.807, 2.05) is 6.08 Å². The second-order valence-electron chi connectivity index (χ2n) is 23.0. The fourth-order valence-electron chi connectivity index (χ4n) is 14.5. The summed E-state index contributed by atoms with van der Waals surface area (Å²) >= 11 is 13.8. The zero-order valence-corrected chi connectivity index (χ0v) is 56.5. The first kappa shape index (κ1) is 69.2. The average Bonchev–Trinajstić information content (AvgIpc) is 3.72. The Balaban J connectivity index is 0.00000320. The Bertz CT molecular complexity index is 2520. The van der Waals surface area contributed by atoms with E-state index in [4.69, 9.17) is 32.7 Å². The summed E-state index contributed by atoms with van der Waals surface area (Å²) < 4.78 is 11.9. The van der Waals surface area contributed by atoms with Crippen LogP contribution in [0.5, 0.6) is 11.5 Å². The van der Waals surface area contributed by atoms with Gasteiger partial charge in [0.25, 0.3) is 0 Å². The molecule has 0 heterocycles. The van der Waals surface area contributed by atoms with Crippen molar-refractivity contribution in [2.45, 2.75) is 138 Å². The monoisotopic (exact) mass is 1120 g/mol. The van der Waals surface area contributed by atoms with Crippen LogP contribution in [0.2, 0.25) is 10.0 Å². The summed E-state index contributed by atoms with van der Waals surface area (Å²) in [6.45, 7) is 12.3. The largest absolute Gasteiger partial charge is 1.00 e. The maximum atomic E-state index is 12.8. The van der Waals surface area contributed by atoms with E-state index in [2.05, 4.69) is 34.6 Å². The van der Waals surface area contributed by atoms with E-state index in [0.717, 1.165) is 48.3 Å². The Kier molecular flexibility index (Phi) is 27.4. The van der Waals surface area contributed by atoms with E-state index in [0.29, 0.717) is 56.9 Å². The number of halogens is 2. The molecule has 77 heavy (non-hydrogen) atoms. The van der Waals surface area contributed by atoms with Gasteiger partial charge in [-0.3, -0.25) is 0 Å². The van der Waals surface area contributed by atoms with Crippen LogP contribution < -0.4 is 159 Å². The Morgan fingerprint density at radius 2 is 1.18 bits per heavy atom. The van der Waals surface area contributed by atoms with Crippen LogP contribution in [-0.4, -0.2) is 36.2 Å². The number of benzene rings is 4. The molecule has 4 fully saturated rings. The molecule has 9 atom stereocenters. The molecule has 18 heteroatoms. The fraction of sp³-hybridized carbons (Fsp3) is 0.525. The van der Waals surface area contributed by atoms with Crippen LogP contribution in [0.25, 0.3) is 5.57 Å². The number of carboxylic acid groups (broad SMARTS) is 2. The van der Waals surface area contributed by atoms with E-state index in [1.165, 1.54) is 107 Å². The molecule has 0 aliphatic heterocycles. The van der Waals surface area contributed by atoms with Gasteiger partial charge in [0.15, 0.2) is 0 Å². The van der Waals surface area contributed by atoms with E-state index in [9.17, 15) is 39.9 Å². The van der Waals surface area contributed by atoms with Gasteiger partial charge in [0.2, 0.25) is 14.2 Å². The molecule has 0 radical (unpaired) electrons. The zero-order valence-electron chi connectivity index (χ0n) is 47.0. The van der Waals surface area contributed by atoms with Crippen LogP contribution in [0, 0.1) is 58.2 Å². The Morgan fingerprint density at radius 1 is 0.688 bits per heavy atom. The molecule has 4 aromatic rings. The molecule has 0 spiro atoms. The van der Waals surface area contributed by atoms with Crippen LogP contribution in [0.3, 0.4) is 0 Å². The van der Waals surface area contributed by atoms with E-state index < -0.39 is 26.2 Å². The number of hydrogen-bond acceptors (Lipinski definition) is 10. The van der Waals surface area contributed by atoms with Crippen molar-refractivity contribution in [3.8, 4) is 11.5 Å². The minimum atomic E-state index is -1.90. The molecule has 8 rings (SSSR count). The molecule has 4 saturated carbocycles. The second kappa shape index (κ2) is 30.5. The molecule has 4 aromatic carbocycles. The maximum absolute atomic E-state index is 12.8. The molecule has 0 saturated heterocycles. The molecular weight excluding hydrogens is 1050 g/mol. The van der Waals surface area contributed by atoms with Crippen LogP contribution in [0.15, 0.2) is 78.9 Å². The standard InChI is InChI=1S/C59H72B2Cl2O10.4Na/c1-35(2)8-6-9-36(3)49-22-23-50-46-21-16-42-28-37(24-26-58(42,4)51(46)25-27-59(49,50)5)10-7-11-45(40-29-47(56(64)65)54(52(62)31-40)72-33-38-12-17-43(18-13-38)60(68)69)41-30-48(57(66)67)55(53(63)32-41)73-34-39-14-19-44(20-15-39)61(70)71;;;;/h11-15,17-20,29-32,35-37,42,46,49-51,68,70H,6-10,16,21-28,33-34H2,1-5H3,(H,64,65)(H,66,67);;;;/q-2;4*+1/p-2/t36?,37-,42?,46-,49+,50-,51-,58-,59+;;;;/m0..../s1. The van der Waals surface area contributed by atoms with Gasteiger partial charge < -0.3 is 49.4 Å². The average molecular weight is 1120 g/mol. The van der Waals surface area contributed by atoms with E-state index in [-0.39, 0.29) is 175 Å². The second-order valence-corrected chi connectivity index (χ2v) is 23.8. The number of ether oxygens (including phenoxy) is 2. The van der Waals surface area contributed by atoms with E-state index in [1.54, 1.807) is 36.4 Å². The summed E-state index contributed by atoms with van der Waals surface area (Å²) in [5.74, 6) is 2.61. The van der Waals surface area contributed by atoms with Gasteiger partial charge in [0, 0.05) is 11.1 Å². The smallest absolute Gasteiger partial charge is 0.853 e. The Labute approximate surface area is 556 Å². The van der Waals surface area contributed by atoms with Crippen molar-refractivity contribution in [3.63, 3.8) is 0 Å². The molecule has 390 valence electrons. The number of rotatable bonds is 20. The molecular formula is C59H70B2Cl2Na4O10. The first-order valence-corrected chi connectivity index (χ1v) is 27.4. The van der Waals surface area contributed by atoms with Crippen molar-refractivity contribution in [1.82, 2.24) is 0 Å². The van der Waals surface area contributed by atoms with Gasteiger partial charge in [-0.25, -0.2) is 0 Å². The molecule has 2 unspecified atom stereocenters. The molecule has 2 N–H and O–H groups in total. The first-order valence-electron chi connectivity index (χ1n) is 26.7. The summed E-state index contributed by atoms with van der Waals surface area (Å²) in [6, 6.07) is 18.1. The number of allylic oxidation sites excluding steroid dienone is 1. The number of carbonyl (C=O) groups excluding carboxylic acids is 2. The van der Waals surface area contributed by atoms with Crippen molar-refractivity contribution < 1.29 is 168 Å². The van der Waals surface area contributed by atoms with Gasteiger partial charge in [-0.1, -0.05) is 143 Å². The van der Waals surface area contributed by atoms with Crippen molar-refractivity contribution >= 4 is 65.9 Å². The van der Waals surface area contributed by atoms with Crippen LogP contribution in [0.1, 0.15) is 167 Å². The molecule has 0 aromatic heterocycles. The third-order valence-electron chi connectivity index (χ3n) is 18.3. The van der Waals surface area contributed by atoms with Gasteiger partial charge in [-0.2, -0.15) is 0 Å². The predicted octanol–water partition coefficient (Wildman–Crippen LogP) is -4.06. The summed E-state index contributed by atoms with van der Waals surface area (Å²) in [6.07, 6.45) is 19.1. The van der Waals surface area contributed by atoms with Crippen LogP contribution in [0.4, 0.5) is 0 Å². The van der Waals surface area contributed by atoms with Crippen LogP contribution in [-0.2, 0) is 13.2 Å². The van der Waals surface area contributed by atoms with Crippen molar-refractivity contribution in [3.05, 3.63) is 122 Å². The van der Waals surface area contributed by atoms with Crippen molar-refractivity contribution in [2.24, 2.45) is 58.2 Å². The topological polar surface area (TPSA) is 185 Å². The Hall–Kier alpha value is -0.290. The number of carboxylic acids is 2. The number of fused-ring (bicyclic) bond motifs is 5. The summed E-state index contributed by atoms with van der Waals surface area (Å²) in [7, 11) is -3.79. The molecule has 0 bridgehead atoms. The summed E-state index contributed by atoms with van der Waals surface area (Å²) in [5, 5.41) is 67.4. The zero-order chi connectivity index (χ0) is 52.4. The SMILES string of the molecule is CC(C)CCCC(C)[C@H]1CC[C@H]2[C@@H]3CCC4C[C@@H](CCC=C(c5cc(Cl)c(OCc6ccc(B([O-])O)cc6)c(C(=O)[O-])c5)c5cc(Cl)c(OCc6ccc(B([O-])O)cc6)c(C(=O)[O-])c5)CC[C@]4(C)[C@H]3CC[C@]12C.[Na+].[Na+].[Na+].[Na+]. The van der Waals surface area contributed by atoms with Crippen LogP contribution >= 0.6 is 23.2 Å². The van der Waals surface area contributed by atoms with Gasteiger partial charge in [-0.05, 0) is 181 Å². The minimum Gasteiger partial charge on any atom is -0.853 e. The fourth-order valence-corrected chi connectivity index (χ4v) is 15.0. The number of hydrogen-bond donors (Lipinski definition) is 2. The molecule has 4 aliphatic rings.